The molecule has 0 aliphatic heterocycles. The molecule has 0 amide bonds. The van der Waals surface area contributed by atoms with Crippen LogP contribution in [0.25, 0.3) is 0 Å². The lowest BCUT2D eigenvalue weighted by atomic mass is 9.74. The molecule has 1 aliphatic carbocycles. The Kier molecular flexibility index (Phi) is 3.71. The standard InChI is InChI=1S/C13H16ClFO2/c1-17-13(5-2-6-13)12(16)7-9-3-4-10(15)8-11(9)14/h3-4,8,12,16H,2,5-7H2,1H3. The Morgan fingerprint density at radius 2 is 2.24 bits per heavy atom. The van der Waals surface area contributed by atoms with Gasteiger partial charge in [-0.1, -0.05) is 17.7 Å². The molecule has 2 nitrogen and oxygen atoms in total. The van der Waals surface area contributed by atoms with Crippen molar-refractivity contribution in [2.24, 2.45) is 0 Å². The summed E-state index contributed by atoms with van der Waals surface area (Å²) in [5.74, 6) is -0.363. The number of hydrogen-bond acceptors (Lipinski definition) is 2. The van der Waals surface area contributed by atoms with Crippen LogP contribution >= 0.6 is 11.6 Å². The minimum atomic E-state index is -0.593. The van der Waals surface area contributed by atoms with Crippen LogP contribution < -0.4 is 0 Å². The predicted molar refractivity (Wildman–Crippen MR) is 64.7 cm³/mol. The van der Waals surface area contributed by atoms with Gasteiger partial charge in [0, 0.05) is 18.6 Å². The fourth-order valence-electron chi connectivity index (χ4n) is 2.28. The van der Waals surface area contributed by atoms with Gasteiger partial charge in [-0.15, -0.1) is 0 Å². The summed E-state index contributed by atoms with van der Waals surface area (Å²) in [7, 11) is 1.62. The molecule has 0 aromatic heterocycles. The topological polar surface area (TPSA) is 29.5 Å². The van der Waals surface area contributed by atoms with Gasteiger partial charge in [0.05, 0.1) is 11.7 Å². The van der Waals surface area contributed by atoms with Gasteiger partial charge < -0.3 is 9.84 Å². The fourth-order valence-corrected chi connectivity index (χ4v) is 2.52. The van der Waals surface area contributed by atoms with Crippen LogP contribution in [0.3, 0.4) is 0 Å². The van der Waals surface area contributed by atoms with E-state index in [9.17, 15) is 9.50 Å². The summed E-state index contributed by atoms with van der Waals surface area (Å²) < 4.78 is 18.3. The summed E-state index contributed by atoms with van der Waals surface area (Å²) in [4.78, 5) is 0. The van der Waals surface area contributed by atoms with Gasteiger partial charge in [0.2, 0.25) is 0 Å². The molecule has 1 atom stereocenters. The van der Waals surface area contributed by atoms with E-state index in [0.717, 1.165) is 24.8 Å². The van der Waals surface area contributed by atoms with Crippen molar-refractivity contribution in [2.45, 2.75) is 37.4 Å². The molecule has 4 heteroatoms. The van der Waals surface area contributed by atoms with E-state index in [1.165, 1.54) is 12.1 Å². The van der Waals surface area contributed by atoms with Crippen molar-refractivity contribution in [3.8, 4) is 0 Å². The third kappa shape index (κ3) is 2.46. The molecule has 1 N–H and O–H groups in total. The number of benzene rings is 1. The molecule has 1 saturated carbocycles. The van der Waals surface area contributed by atoms with E-state index in [1.807, 2.05) is 0 Å². The minimum Gasteiger partial charge on any atom is -0.390 e. The number of halogens is 2. The Balaban J connectivity index is 2.10. The van der Waals surface area contributed by atoms with Crippen LogP contribution in [0.2, 0.25) is 5.02 Å². The zero-order valence-corrected chi connectivity index (χ0v) is 10.5. The second-order valence-corrected chi connectivity index (χ2v) is 4.99. The summed E-state index contributed by atoms with van der Waals surface area (Å²) in [6.07, 6.45) is 2.60. The predicted octanol–water partition coefficient (Wildman–Crippen LogP) is 2.95. The van der Waals surface area contributed by atoms with E-state index in [1.54, 1.807) is 13.2 Å². The van der Waals surface area contributed by atoms with Crippen molar-refractivity contribution in [1.82, 2.24) is 0 Å². The monoisotopic (exact) mass is 258 g/mol. The van der Waals surface area contributed by atoms with E-state index in [0.29, 0.717) is 11.4 Å². The molecule has 1 unspecified atom stereocenters. The average Bonchev–Trinajstić information content (AvgIpc) is 2.21. The third-order valence-corrected chi connectivity index (χ3v) is 3.99. The maximum atomic E-state index is 12.9. The molecule has 1 fully saturated rings. The van der Waals surface area contributed by atoms with Gasteiger partial charge in [-0.25, -0.2) is 4.39 Å². The van der Waals surface area contributed by atoms with Gasteiger partial charge in [0.1, 0.15) is 5.82 Å². The molecule has 1 aromatic rings. The third-order valence-electron chi connectivity index (χ3n) is 3.64. The van der Waals surface area contributed by atoms with E-state index in [-0.39, 0.29) is 5.82 Å². The first-order valence-electron chi connectivity index (χ1n) is 5.74. The summed E-state index contributed by atoms with van der Waals surface area (Å²) in [5.41, 5.74) is 0.321. The highest BCUT2D eigenvalue weighted by atomic mass is 35.5. The molecule has 2 rings (SSSR count). The molecule has 17 heavy (non-hydrogen) atoms. The normalized spacial score (nSPS) is 19.8. The van der Waals surface area contributed by atoms with Crippen LogP contribution in [-0.4, -0.2) is 23.9 Å². The zero-order valence-electron chi connectivity index (χ0n) is 9.75. The number of hydrogen-bond donors (Lipinski definition) is 1. The van der Waals surface area contributed by atoms with Crippen molar-refractivity contribution in [3.05, 3.63) is 34.6 Å². The largest absolute Gasteiger partial charge is 0.390 e. The first-order valence-corrected chi connectivity index (χ1v) is 6.12. The zero-order chi connectivity index (χ0) is 12.5. The fraction of sp³-hybridized carbons (Fsp3) is 0.538. The smallest absolute Gasteiger partial charge is 0.124 e. The van der Waals surface area contributed by atoms with Gasteiger partial charge in [-0.3, -0.25) is 0 Å². The first-order chi connectivity index (χ1) is 8.07. The molecule has 0 radical (unpaired) electrons. The lowest BCUT2D eigenvalue weighted by Crippen LogP contribution is -2.50. The average molecular weight is 259 g/mol. The number of rotatable bonds is 4. The summed E-state index contributed by atoms with van der Waals surface area (Å²) in [6.45, 7) is 0. The Morgan fingerprint density at radius 1 is 1.53 bits per heavy atom. The second-order valence-electron chi connectivity index (χ2n) is 4.58. The van der Waals surface area contributed by atoms with E-state index >= 15 is 0 Å². The van der Waals surface area contributed by atoms with Crippen molar-refractivity contribution >= 4 is 11.6 Å². The van der Waals surface area contributed by atoms with Crippen molar-refractivity contribution in [1.29, 1.82) is 0 Å². The maximum absolute atomic E-state index is 12.9. The van der Waals surface area contributed by atoms with Crippen LogP contribution in [0.15, 0.2) is 18.2 Å². The molecule has 1 aromatic carbocycles. The lowest BCUT2D eigenvalue weighted by Gasteiger charge is -2.44. The highest BCUT2D eigenvalue weighted by molar-refractivity contribution is 6.31. The van der Waals surface area contributed by atoms with Gasteiger partial charge in [0.25, 0.3) is 0 Å². The van der Waals surface area contributed by atoms with Crippen molar-refractivity contribution in [3.63, 3.8) is 0 Å². The van der Waals surface area contributed by atoms with Gasteiger partial charge in [0.15, 0.2) is 0 Å². The summed E-state index contributed by atoms with van der Waals surface area (Å²) >= 11 is 5.94. The first kappa shape index (κ1) is 12.8. The SMILES string of the molecule is COC1(C(O)Cc2ccc(F)cc2Cl)CCC1. The Bertz CT molecular complexity index is 399. The Morgan fingerprint density at radius 3 is 2.71 bits per heavy atom. The number of aliphatic hydroxyl groups is 1. The number of ether oxygens (including phenoxy) is 1. The molecule has 0 spiro atoms. The number of methoxy groups -OCH3 is 1. The van der Waals surface area contributed by atoms with Crippen LogP contribution in [0.4, 0.5) is 4.39 Å². The minimum absolute atomic E-state index is 0.356. The molecule has 0 saturated heterocycles. The van der Waals surface area contributed by atoms with Gasteiger partial charge >= 0.3 is 0 Å². The highest BCUT2D eigenvalue weighted by Crippen LogP contribution is 2.39. The Labute approximate surface area is 105 Å². The summed E-state index contributed by atoms with van der Waals surface area (Å²) in [5, 5.41) is 10.5. The molecule has 94 valence electrons. The van der Waals surface area contributed by atoms with Crippen LogP contribution in [0.5, 0.6) is 0 Å². The number of aliphatic hydroxyl groups excluding tert-OH is 1. The quantitative estimate of drug-likeness (QED) is 0.900. The molecule has 1 aliphatic rings. The Hall–Kier alpha value is -0.640. The molecule has 0 bridgehead atoms. The highest BCUT2D eigenvalue weighted by Gasteiger charge is 2.43. The van der Waals surface area contributed by atoms with E-state index in [2.05, 4.69) is 0 Å². The van der Waals surface area contributed by atoms with Crippen molar-refractivity contribution < 1.29 is 14.2 Å². The van der Waals surface area contributed by atoms with Crippen LogP contribution in [0, 0.1) is 5.82 Å². The maximum Gasteiger partial charge on any atom is 0.124 e. The summed E-state index contributed by atoms with van der Waals surface area (Å²) in [6, 6.07) is 4.24. The van der Waals surface area contributed by atoms with E-state index < -0.39 is 11.7 Å². The second kappa shape index (κ2) is 4.92. The van der Waals surface area contributed by atoms with Gasteiger partial charge in [-0.05, 0) is 37.0 Å². The van der Waals surface area contributed by atoms with Gasteiger partial charge in [-0.2, -0.15) is 0 Å². The van der Waals surface area contributed by atoms with Crippen LogP contribution in [-0.2, 0) is 11.2 Å². The lowest BCUT2D eigenvalue weighted by molar-refractivity contribution is -0.148. The molecular formula is C13H16ClFO2. The van der Waals surface area contributed by atoms with Crippen molar-refractivity contribution in [2.75, 3.05) is 7.11 Å². The molecular weight excluding hydrogens is 243 g/mol. The molecule has 0 heterocycles. The van der Waals surface area contributed by atoms with E-state index in [4.69, 9.17) is 16.3 Å². The van der Waals surface area contributed by atoms with Crippen LogP contribution in [0.1, 0.15) is 24.8 Å².